The van der Waals surface area contributed by atoms with Gasteiger partial charge in [0.05, 0.1) is 9.85 Å². The zero-order chi connectivity index (χ0) is 31.4. The summed E-state index contributed by atoms with van der Waals surface area (Å²) in [5.41, 5.74) is 1.28. The number of benzene rings is 4. The Hall–Kier alpha value is -4.99. The average molecular weight is 615 g/mol. The van der Waals surface area contributed by atoms with E-state index in [9.17, 15) is 29.8 Å². The third-order valence-electron chi connectivity index (χ3n) is 6.82. The van der Waals surface area contributed by atoms with Crippen molar-refractivity contribution >= 4 is 61.6 Å². The monoisotopic (exact) mass is 614 g/mol. The predicted molar refractivity (Wildman–Crippen MR) is 170 cm³/mol. The smallest absolute Gasteiger partial charge is 0.271 e. The van der Waals surface area contributed by atoms with Gasteiger partial charge in [-0.15, -0.1) is 0 Å². The number of nitro benzene ring substituents is 2. The van der Waals surface area contributed by atoms with Gasteiger partial charge in [0.1, 0.15) is 0 Å². The molecule has 0 aliphatic heterocycles. The summed E-state index contributed by atoms with van der Waals surface area (Å²) in [7, 11) is -4.86. The molecule has 0 unspecified atom stereocenters. The molecule has 0 aliphatic rings. The van der Waals surface area contributed by atoms with Crippen LogP contribution in [0.5, 0.6) is 0 Å². The van der Waals surface area contributed by atoms with Gasteiger partial charge >= 0.3 is 0 Å². The maximum Gasteiger partial charge on any atom is 0.271 e. The second-order valence-corrected chi connectivity index (χ2v) is 18.8. The number of carbonyl (C=O) groups is 2. The summed E-state index contributed by atoms with van der Waals surface area (Å²) in [5.74, 6) is -0.756. The Labute approximate surface area is 250 Å². The second kappa shape index (κ2) is 12.5. The van der Waals surface area contributed by atoms with E-state index in [-0.39, 0.29) is 23.2 Å². The number of anilines is 2. The molecule has 0 aromatic heterocycles. The van der Waals surface area contributed by atoms with Crippen molar-refractivity contribution < 1.29 is 23.6 Å². The van der Waals surface area contributed by atoms with Crippen LogP contribution in [0.2, 0.25) is 26.2 Å². The normalized spacial score (nSPS) is 11.4. The molecule has 0 atom stereocenters. The van der Waals surface area contributed by atoms with Gasteiger partial charge in [-0.3, -0.25) is 29.8 Å². The van der Waals surface area contributed by atoms with Gasteiger partial charge in [-0.05, 0) is 73.0 Å². The molecule has 13 heteroatoms. The maximum atomic E-state index is 12.7. The van der Waals surface area contributed by atoms with Gasteiger partial charge in [-0.1, -0.05) is 36.4 Å². The first-order valence-electron chi connectivity index (χ1n) is 13.3. The Bertz CT molecular complexity index is 1570. The van der Waals surface area contributed by atoms with Crippen molar-refractivity contribution in [2.24, 2.45) is 0 Å². The van der Waals surface area contributed by atoms with Gasteiger partial charge in [0.2, 0.25) is 16.6 Å². The van der Waals surface area contributed by atoms with Crippen LogP contribution in [0.15, 0.2) is 97.1 Å². The molecule has 0 bridgehead atoms. The van der Waals surface area contributed by atoms with Crippen LogP contribution in [-0.4, -0.2) is 38.3 Å². The molecule has 220 valence electrons. The Morgan fingerprint density at radius 3 is 1.28 bits per heavy atom. The van der Waals surface area contributed by atoms with E-state index in [0.717, 1.165) is 10.4 Å². The molecule has 43 heavy (non-hydrogen) atoms. The summed E-state index contributed by atoms with van der Waals surface area (Å²) in [6.07, 6.45) is 0. The lowest BCUT2D eigenvalue weighted by molar-refractivity contribution is -0.385. The van der Waals surface area contributed by atoms with Crippen LogP contribution >= 0.6 is 0 Å². The van der Waals surface area contributed by atoms with E-state index in [1.54, 1.807) is 36.4 Å². The quantitative estimate of drug-likeness (QED) is 0.135. The highest BCUT2D eigenvalue weighted by Gasteiger charge is 2.36. The third kappa shape index (κ3) is 7.65. The number of nitrogens with one attached hydrogen (secondary N) is 2. The van der Waals surface area contributed by atoms with Crippen LogP contribution in [0.3, 0.4) is 0 Å². The van der Waals surface area contributed by atoms with Crippen LogP contribution in [0.4, 0.5) is 22.7 Å². The first-order chi connectivity index (χ1) is 20.2. The van der Waals surface area contributed by atoms with Crippen LogP contribution in [-0.2, 0) is 4.12 Å². The number of hydrogen-bond acceptors (Lipinski definition) is 7. The number of amides is 2. The van der Waals surface area contributed by atoms with Crippen LogP contribution in [0.1, 0.15) is 20.7 Å². The van der Waals surface area contributed by atoms with Gasteiger partial charge in [0, 0.05) is 46.8 Å². The number of rotatable bonds is 10. The highest BCUT2D eigenvalue weighted by atomic mass is 28.4. The Morgan fingerprint density at radius 2 is 0.953 bits per heavy atom. The summed E-state index contributed by atoms with van der Waals surface area (Å²) in [4.78, 5) is 46.5. The molecule has 0 heterocycles. The van der Waals surface area contributed by atoms with E-state index < -0.39 is 26.5 Å². The van der Waals surface area contributed by atoms with E-state index in [0.29, 0.717) is 22.5 Å². The molecule has 0 radical (unpaired) electrons. The first kappa shape index (κ1) is 31.0. The van der Waals surface area contributed by atoms with Gasteiger partial charge in [0.25, 0.3) is 23.2 Å². The topological polar surface area (TPSA) is 154 Å². The molecule has 4 aromatic carbocycles. The molecule has 2 N–H and O–H groups in total. The van der Waals surface area contributed by atoms with Gasteiger partial charge in [-0.25, -0.2) is 0 Å². The molecule has 0 fully saturated rings. The minimum Gasteiger partial charge on any atom is -0.449 e. The molecule has 4 rings (SSSR count). The van der Waals surface area contributed by atoms with E-state index in [4.69, 9.17) is 4.12 Å². The first-order valence-corrected chi connectivity index (χ1v) is 19.1. The molecule has 0 saturated heterocycles. The minimum atomic E-state index is -2.43. The van der Waals surface area contributed by atoms with Crippen molar-refractivity contribution in [3.8, 4) is 0 Å². The largest absolute Gasteiger partial charge is 0.449 e. The van der Waals surface area contributed by atoms with Gasteiger partial charge in [0.15, 0.2) is 0 Å². The lowest BCUT2D eigenvalue weighted by Crippen LogP contribution is -2.57. The fourth-order valence-corrected chi connectivity index (χ4v) is 12.6. The van der Waals surface area contributed by atoms with Crippen LogP contribution in [0.25, 0.3) is 0 Å². The second-order valence-electron chi connectivity index (χ2n) is 10.8. The minimum absolute atomic E-state index is 0.108. The van der Waals surface area contributed by atoms with Crippen LogP contribution in [0, 0.1) is 20.2 Å². The number of nitrogens with zero attached hydrogens (tertiary/aromatic N) is 2. The molecule has 11 nitrogen and oxygen atoms in total. The fraction of sp³-hybridized carbons (Fsp3) is 0.133. The summed E-state index contributed by atoms with van der Waals surface area (Å²) < 4.78 is 6.81. The van der Waals surface area contributed by atoms with Crippen molar-refractivity contribution in [2.75, 3.05) is 10.6 Å². The van der Waals surface area contributed by atoms with Crippen molar-refractivity contribution in [2.45, 2.75) is 26.2 Å². The fourth-order valence-electron chi connectivity index (χ4n) is 4.60. The van der Waals surface area contributed by atoms with Crippen molar-refractivity contribution in [3.63, 3.8) is 0 Å². The highest BCUT2D eigenvalue weighted by Crippen LogP contribution is 2.20. The maximum absolute atomic E-state index is 12.7. The van der Waals surface area contributed by atoms with Crippen molar-refractivity contribution in [1.29, 1.82) is 0 Å². The van der Waals surface area contributed by atoms with Crippen LogP contribution < -0.4 is 21.0 Å². The highest BCUT2D eigenvalue weighted by molar-refractivity contribution is 6.96. The predicted octanol–water partition coefficient (Wildman–Crippen LogP) is 5.55. The van der Waals surface area contributed by atoms with E-state index in [1.807, 2.05) is 24.3 Å². The third-order valence-corrected chi connectivity index (χ3v) is 14.4. The molecule has 0 spiro atoms. The van der Waals surface area contributed by atoms with Crippen molar-refractivity contribution in [3.05, 3.63) is 128 Å². The SMILES string of the molecule is C[Si](C)(O[Si](C)(C)c1ccc(C(=O)Nc2cccc([N+](=O)[O-])c2)cc1)c1ccc(C(=O)Nc2cccc([N+](=O)[O-])c2)cc1. The number of non-ortho nitro benzene ring substituents is 2. The number of nitro groups is 2. The van der Waals surface area contributed by atoms with Crippen molar-refractivity contribution in [1.82, 2.24) is 0 Å². The molecule has 2 amide bonds. The molecular formula is C30H30N4O7Si2. The van der Waals surface area contributed by atoms with E-state index in [2.05, 4.69) is 36.8 Å². The summed E-state index contributed by atoms with van der Waals surface area (Å²) in [6.45, 7) is 8.34. The Morgan fingerprint density at radius 1 is 0.605 bits per heavy atom. The molecule has 0 aliphatic carbocycles. The zero-order valence-corrected chi connectivity index (χ0v) is 26.0. The van der Waals surface area contributed by atoms with E-state index >= 15 is 0 Å². The molecule has 0 saturated carbocycles. The molecule has 4 aromatic rings. The van der Waals surface area contributed by atoms with Gasteiger partial charge in [-0.2, -0.15) is 0 Å². The van der Waals surface area contributed by atoms with E-state index in [1.165, 1.54) is 36.4 Å². The zero-order valence-electron chi connectivity index (χ0n) is 24.0. The summed E-state index contributed by atoms with van der Waals surface area (Å²) >= 11 is 0. The molecular weight excluding hydrogens is 585 g/mol. The summed E-state index contributed by atoms with van der Waals surface area (Å²) in [5, 5.41) is 29.4. The van der Waals surface area contributed by atoms with Gasteiger partial charge < -0.3 is 14.7 Å². The summed E-state index contributed by atoms with van der Waals surface area (Å²) in [6, 6.07) is 25.9. The standard InChI is InChI=1S/C30H30N4O7Si2/c1-42(2,27-15-11-21(12-16-27)29(35)31-23-7-5-9-25(19-23)33(37)38)41-43(3,4)28-17-13-22(14-18-28)30(36)32-24-8-6-10-26(20-24)34(39)40/h5-20H,1-4H3,(H,31,35)(H,32,36). The lowest BCUT2D eigenvalue weighted by atomic mass is 10.2. The number of carbonyl (C=O) groups excluding carboxylic acids is 2. The lowest BCUT2D eigenvalue weighted by Gasteiger charge is -2.34. The average Bonchev–Trinajstić information content (AvgIpc) is 2.97. The number of hydrogen-bond donors (Lipinski definition) is 2. The Balaban J connectivity index is 1.41. The Kier molecular flexibility index (Phi) is 8.99.